The van der Waals surface area contributed by atoms with Crippen molar-refractivity contribution in [2.75, 3.05) is 34.6 Å². The Hall–Kier alpha value is -2.06. The standard InChI is InChI=1S/C11H14O8/c1-14-3-16-8-6(12)10-11(19-5-18-10)7(13)9(8)17-4-15-2/h12-13H,3-5H2,1-2H3. The monoisotopic (exact) mass is 274 g/mol. The molecule has 0 spiro atoms. The highest BCUT2D eigenvalue weighted by Crippen LogP contribution is 2.58. The van der Waals surface area contributed by atoms with Gasteiger partial charge in [0, 0.05) is 14.2 Å². The molecular formula is C11H14O8. The van der Waals surface area contributed by atoms with Gasteiger partial charge < -0.3 is 38.6 Å². The molecule has 0 amide bonds. The van der Waals surface area contributed by atoms with E-state index in [4.69, 9.17) is 28.4 Å². The second-order valence-corrected chi connectivity index (χ2v) is 3.52. The average Bonchev–Trinajstić information content (AvgIpc) is 2.90. The fraction of sp³-hybridized carbons (Fsp3) is 0.455. The van der Waals surface area contributed by atoms with Gasteiger partial charge in [0.15, 0.2) is 13.6 Å². The Morgan fingerprint density at radius 3 is 1.68 bits per heavy atom. The largest absolute Gasteiger partial charge is 0.501 e. The van der Waals surface area contributed by atoms with Gasteiger partial charge in [0.25, 0.3) is 0 Å². The Bertz CT molecular complexity index is 418. The van der Waals surface area contributed by atoms with Crippen molar-refractivity contribution in [3.05, 3.63) is 0 Å². The van der Waals surface area contributed by atoms with Gasteiger partial charge in [0.1, 0.15) is 0 Å². The van der Waals surface area contributed by atoms with Gasteiger partial charge in [0.2, 0.25) is 41.3 Å². The van der Waals surface area contributed by atoms with Crippen LogP contribution in [0, 0.1) is 0 Å². The molecule has 1 aromatic rings. The quantitative estimate of drug-likeness (QED) is 0.580. The van der Waals surface area contributed by atoms with Gasteiger partial charge in [-0.05, 0) is 0 Å². The molecule has 0 aromatic heterocycles. The summed E-state index contributed by atoms with van der Waals surface area (Å²) in [5.74, 6) is -0.912. The molecule has 8 nitrogen and oxygen atoms in total. The lowest BCUT2D eigenvalue weighted by Crippen LogP contribution is -2.05. The molecule has 2 rings (SSSR count). The maximum absolute atomic E-state index is 10.0. The number of aromatic hydroxyl groups is 2. The molecule has 0 aliphatic carbocycles. The number of hydrogen-bond donors (Lipinski definition) is 2. The van der Waals surface area contributed by atoms with Crippen LogP contribution >= 0.6 is 0 Å². The fourth-order valence-corrected chi connectivity index (χ4v) is 1.56. The smallest absolute Gasteiger partial charge is 0.231 e. The lowest BCUT2D eigenvalue weighted by molar-refractivity contribution is 0.0291. The topological polar surface area (TPSA) is 95.8 Å². The van der Waals surface area contributed by atoms with E-state index in [1.54, 1.807) is 0 Å². The molecule has 0 unspecified atom stereocenters. The van der Waals surface area contributed by atoms with Crippen molar-refractivity contribution in [1.29, 1.82) is 0 Å². The Balaban J connectivity index is 2.44. The first-order valence-electron chi connectivity index (χ1n) is 5.31. The van der Waals surface area contributed by atoms with E-state index in [-0.39, 0.29) is 54.9 Å². The molecule has 1 heterocycles. The van der Waals surface area contributed by atoms with Crippen molar-refractivity contribution in [1.82, 2.24) is 0 Å². The molecule has 8 heteroatoms. The summed E-state index contributed by atoms with van der Waals surface area (Å²) in [5, 5.41) is 20.0. The average molecular weight is 274 g/mol. The zero-order valence-electron chi connectivity index (χ0n) is 10.5. The number of hydrogen-bond acceptors (Lipinski definition) is 8. The summed E-state index contributed by atoms with van der Waals surface area (Å²) < 4.78 is 29.9. The first-order chi connectivity index (χ1) is 9.20. The van der Waals surface area contributed by atoms with Gasteiger partial charge in [-0.2, -0.15) is 0 Å². The van der Waals surface area contributed by atoms with Gasteiger partial charge in [-0.1, -0.05) is 0 Å². The van der Waals surface area contributed by atoms with E-state index in [9.17, 15) is 10.2 Å². The molecule has 1 aliphatic heterocycles. The van der Waals surface area contributed by atoms with E-state index in [1.165, 1.54) is 14.2 Å². The SMILES string of the molecule is COCOc1c(O)c2c(c(O)c1OCOC)OCO2. The third-order valence-corrected chi connectivity index (χ3v) is 2.32. The Kier molecular flexibility index (Phi) is 4.03. The third-order valence-electron chi connectivity index (χ3n) is 2.32. The number of ether oxygens (including phenoxy) is 6. The lowest BCUT2D eigenvalue weighted by Gasteiger charge is -2.15. The van der Waals surface area contributed by atoms with Gasteiger partial charge >= 0.3 is 0 Å². The van der Waals surface area contributed by atoms with E-state index in [0.717, 1.165) is 0 Å². The van der Waals surface area contributed by atoms with E-state index in [2.05, 4.69) is 0 Å². The van der Waals surface area contributed by atoms with Crippen LogP contribution in [0.4, 0.5) is 0 Å². The van der Waals surface area contributed by atoms with Gasteiger partial charge in [-0.3, -0.25) is 0 Å². The number of phenols is 2. The first kappa shape index (κ1) is 13.4. The molecule has 1 aromatic carbocycles. The summed E-state index contributed by atoms with van der Waals surface area (Å²) in [6.45, 7) is -0.403. The fourth-order valence-electron chi connectivity index (χ4n) is 1.56. The summed E-state index contributed by atoms with van der Waals surface area (Å²) in [6, 6.07) is 0. The molecule has 0 radical (unpaired) electrons. The number of rotatable bonds is 6. The van der Waals surface area contributed by atoms with Crippen LogP contribution in [-0.4, -0.2) is 44.8 Å². The molecule has 0 bridgehead atoms. The van der Waals surface area contributed by atoms with Gasteiger partial charge in [0.05, 0.1) is 0 Å². The highest BCUT2D eigenvalue weighted by Gasteiger charge is 2.32. The molecular weight excluding hydrogens is 260 g/mol. The van der Waals surface area contributed by atoms with Crippen LogP contribution in [0.3, 0.4) is 0 Å². The predicted molar refractivity (Wildman–Crippen MR) is 60.9 cm³/mol. The summed E-state index contributed by atoms with van der Waals surface area (Å²) >= 11 is 0. The van der Waals surface area contributed by atoms with Crippen molar-refractivity contribution in [2.45, 2.75) is 0 Å². The third kappa shape index (κ3) is 2.40. The zero-order valence-corrected chi connectivity index (χ0v) is 10.5. The predicted octanol–water partition coefficient (Wildman–Crippen LogP) is 0.792. The van der Waals surface area contributed by atoms with Gasteiger partial charge in [-0.15, -0.1) is 0 Å². The van der Waals surface area contributed by atoms with Crippen LogP contribution in [0.25, 0.3) is 0 Å². The van der Waals surface area contributed by atoms with Crippen LogP contribution in [0.1, 0.15) is 0 Å². The molecule has 0 fully saturated rings. The lowest BCUT2D eigenvalue weighted by atomic mass is 10.2. The van der Waals surface area contributed by atoms with Crippen LogP contribution in [0.2, 0.25) is 0 Å². The number of methoxy groups -OCH3 is 2. The Morgan fingerprint density at radius 1 is 0.895 bits per heavy atom. The van der Waals surface area contributed by atoms with Crippen molar-refractivity contribution >= 4 is 0 Å². The number of benzene rings is 1. The normalized spacial score (nSPS) is 12.5. The van der Waals surface area contributed by atoms with Crippen molar-refractivity contribution in [3.8, 4) is 34.5 Å². The van der Waals surface area contributed by atoms with Crippen LogP contribution in [0.5, 0.6) is 34.5 Å². The van der Waals surface area contributed by atoms with Crippen LogP contribution in [0.15, 0.2) is 0 Å². The summed E-state index contributed by atoms with van der Waals surface area (Å²) in [7, 11) is 2.83. The Labute approximate surface area is 109 Å². The Morgan fingerprint density at radius 2 is 1.32 bits per heavy atom. The second-order valence-electron chi connectivity index (χ2n) is 3.52. The van der Waals surface area contributed by atoms with Crippen molar-refractivity contribution < 1.29 is 38.6 Å². The van der Waals surface area contributed by atoms with Crippen LogP contribution in [-0.2, 0) is 9.47 Å². The summed E-state index contributed by atoms with van der Waals surface area (Å²) in [6.07, 6.45) is 0. The molecule has 106 valence electrons. The molecule has 0 saturated carbocycles. The second kappa shape index (κ2) is 5.72. The minimum atomic E-state index is -0.339. The minimum Gasteiger partial charge on any atom is -0.501 e. The number of fused-ring (bicyclic) bond motifs is 1. The molecule has 0 saturated heterocycles. The van der Waals surface area contributed by atoms with Crippen molar-refractivity contribution in [3.63, 3.8) is 0 Å². The highest BCUT2D eigenvalue weighted by atomic mass is 16.7. The van der Waals surface area contributed by atoms with Crippen molar-refractivity contribution in [2.24, 2.45) is 0 Å². The minimum absolute atomic E-state index is 0.00614. The van der Waals surface area contributed by atoms with Crippen LogP contribution < -0.4 is 18.9 Å². The maximum Gasteiger partial charge on any atom is 0.231 e. The molecule has 1 aliphatic rings. The molecule has 19 heavy (non-hydrogen) atoms. The summed E-state index contributed by atoms with van der Waals surface area (Å²) in [4.78, 5) is 0. The zero-order chi connectivity index (χ0) is 13.8. The highest BCUT2D eigenvalue weighted by molar-refractivity contribution is 5.73. The van der Waals surface area contributed by atoms with E-state index in [1.807, 2.05) is 0 Å². The van der Waals surface area contributed by atoms with E-state index in [0.29, 0.717) is 0 Å². The molecule has 0 atom stereocenters. The van der Waals surface area contributed by atoms with E-state index < -0.39 is 0 Å². The van der Waals surface area contributed by atoms with Gasteiger partial charge in [-0.25, -0.2) is 0 Å². The number of phenolic OH excluding ortho intramolecular Hbond substituents is 2. The molecule has 2 N–H and O–H groups in total. The summed E-state index contributed by atoms with van der Waals surface area (Å²) in [5.41, 5.74) is 0. The maximum atomic E-state index is 10.0. The first-order valence-corrected chi connectivity index (χ1v) is 5.31. The van der Waals surface area contributed by atoms with E-state index >= 15 is 0 Å².